The predicted octanol–water partition coefficient (Wildman–Crippen LogP) is 2.79. The topological polar surface area (TPSA) is 99.9 Å². The average molecular weight is 397 g/mol. The summed E-state index contributed by atoms with van der Waals surface area (Å²) >= 11 is 0. The van der Waals surface area contributed by atoms with Crippen molar-refractivity contribution in [3.63, 3.8) is 0 Å². The number of amides is 1. The van der Waals surface area contributed by atoms with E-state index in [9.17, 15) is 14.9 Å². The average Bonchev–Trinajstić information content (AvgIpc) is 2.70. The minimum atomic E-state index is -0.432. The van der Waals surface area contributed by atoms with E-state index in [0.717, 1.165) is 16.7 Å². The Labute approximate surface area is 170 Å². The van der Waals surface area contributed by atoms with Gasteiger partial charge in [-0.1, -0.05) is 36.4 Å². The van der Waals surface area contributed by atoms with E-state index in [4.69, 9.17) is 0 Å². The van der Waals surface area contributed by atoms with Gasteiger partial charge in [0.2, 0.25) is 5.91 Å². The van der Waals surface area contributed by atoms with E-state index in [2.05, 4.69) is 15.6 Å². The van der Waals surface area contributed by atoms with Crippen LogP contribution in [0, 0.1) is 17.0 Å². The number of nitrogens with zero attached hydrogens (tertiary/aromatic N) is 3. The maximum absolute atomic E-state index is 11.9. The fraction of sp³-hybridized carbons (Fsp3) is 0.333. The largest absolute Gasteiger partial charge is 0.350 e. The second-order valence-corrected chi connectivity index (χ2v) is 6.95. The first kappa shape index (κ1) is 21.9. The molecule has 29 heavy (non-hydrogen) atoms. The Kier molecular flexibility index (Phi) is 7.70. The van der Waals surface area contributed by atoms with Crippen LogP contribution in [0.15, 0.2) is 53.5 Å². The van der Waals surface area contributed by atoms with E-state index in [1.54, 1.807) is 26.2 Å². The van der Waals surface area contributed by atoms with Crippen LogP contribution in [-0.4, -0.2) is 42.3 Å². The van der Waals surface area contributed by atoms with Crippen LogP contribution in [-0.2, 0) is 11.3 Å². The summed E-state index contributed by atoms with van der Waals surface area (Å²) in [6, 6.07) is 14.3. The van der Waals surface area contributed by atoms with Gasteiger partial charge in [-0.15, -0.1) is 0 Å². The molecule has 2 N–H and O–H groups in total. The highest BCUT2D eigenvalue weighted by atomic mass is 16.6. The highest BCUT2D eigenvalue weighted by Gasteiger charge is 2.12. The van der Waals surface area contributed by atoms with E-state index in [0.29, 0.717) is 12.5 Å². The van der Waals surface area contributed by atoms with Crippen LogP contribution in [0.25, 0.3) is 0 Å². The molecule has 1 atom stereocenters. The van der Waals surface area contributed by atoms with Crippen molar-refractivity contribution in [3.05, 3.63) is 75.3 Å². The minimum Gasteiger partial charge on any atom is -0.350 e. The number of nitro benzene ring substituents is 1. The van der Waals surface area contributed by atoms with Gasteiger partial charge in [0.25, 0.3) is 5.69 Å². The second-order valence-electron chi connectivity index (χ2n) is 6.95. The summed E-state index contributed by atoms with van der Waals surface area (Å²) in [5.74, 6) is 0.424. The molecule has 0 spiro atoms. The van der Waals surface area contributed by atoms with Crippen molar-refractivity contribution < 1.29 is 9.72 Å². The Morgan fingerprint density at radius 3 is 2.41 bits per heavy atom. The van der Waals surface area contributed by atoms with Crippen LogP contribution in [0.4, 0.5) is 5.69 Å². The number of nitro groups is 1. The van der Waals surface area contributed by atoms with E-state index >= 15 is 0 Å². The Balaban J connectivity index is 2.14. The first-order valence-corrected chi connectivity index (χ1v) is 9.31. The Morgan fingerprint density at radius 2 is 1.83 bits per heavy atom. The fourth-order valence-electron chi connectivity index (χ4n) is 2.72. The predicted molar refractivity (Wildman–Crippen MR) is 114 cm³/mol. The zero-order chi connectivity index (χ0) is 21.4. The van der Waals surface area contributed by atoms with Gasteiger partial charge in [0.05, 0.1) is 24.1 Å². The molecule has 2 rings (SSSR count). The Morgan fingerprint density at radius 1 is 1.17 bits per heavy atom. The number of nitrogens with one attached hydrogen (secondary N) is 2. The highest BCUT2D eigenvalue weighted by molar-refractivity contribution is 5.86. The van der Waals surface area contributed by atoms with Crippen molar-refractivity contribution in [2.24, 2.45) is 4.99 Å². The summed E-state index contributed by atoms with van der Waals surface area (Å²) in [5, 5.41) is 17.2. The summed E-state index contributed by atoms with van der Waals surface area (Å²) in [7, 11) is 3.39. The molecule has 154 valence electrons. The van der Waals surface area contributed by atoms with Gasteiger partial charge in [0, 0.05) is 26.2 Å². The zero-order valence-electron chi connectivity index (χ0n) is 17.2. The molecule has 0 saturated heterocycles. The number of guanidine groups is 1. The summed E-state index contributed by atoms with van der Waals surface area (Å²) in [5.41, 5.74) is 3.17. The van der Waals surface area contributed by atoms with Gasteiger partial charge in [-0.25, -0.2) is 4.99 Å². The van der Waals surface area contributed by atoms with E-state index < -0.39 is 4.92 Å². The lowest BCUT2D eigenvalue weighted by molar-refractivity contribution is -0.384. The van der Waals surface area contributed by atoms with Crippen LogP contribution in [0.2, 0.25) is 0 Å². The summed E-state index contributed by atoms with van der Waals surface area (Å²) < 4.78 is 0. The third kappa shape index (κ3) is 6.60. The zero-order valence-corrected chi connectivity index (χ0v) is 17.2. The van der Waals surface area contributed by atoms with Gasteiger partial charge in [-0.2, -0.15) is 0 Å². The third-order valence-corrected chi connectivity index (χ3v) is 4.48. The summed E-state index contributed by atoms with van der Waals surface area (Å²) in [6.45, 7) is 4.51. The normalized spacial score (nSPS) is 12.2. The van der Waals surface area contributed by atoms with Crippen molar-refractivity contribution >= 4 is 17.6 Å². The molecule has 0 fully saturated rings. The number of carbonyl (C=O) groups excluding carboxylic acids is 1. The Bertz CT molecular complexity index is 878. The molecular weight excluding hydrogens is 370 g/mol. The molecule has 0 aliphatic carbocycles. The van der Waals surface area contributed by atoms with Crippen molar-refractivity contribution in [1.82, 2.24) is 15.5 Å². The molecular formula is C21H27N5O3. The van der Waals surface area contributed by atoms with Crippen molar-refractivity contribution in [2.45, 2.75) is 26.4 Å². The molecule has 8 heteroatoms. The lowest BCUT2D eigenvalue weighted by Gasteiger charge is -2.21. The molecule has 0 saturated carbocycles. The quantitative estimate of drug-likeness (QED) is 0.324. The van der Waals surface area contributed by atoms with E-state index in [1.165, 1.54) is 17.0 Å². The fourth-order valence-corrected chi connectivity index (χ4v) is 2.72. The maximum Gasteiger partial charge on any atom is 0.269 e. The number of hydrogen-bond acceptors (Lipinski definition) is 4. The van der Waals surface area contributed by atoms with Crippen LogP contribution >= 0.6 is 0 Å². The van der Waals surface area contributed by atoms with Crippen LogP contribution in [0.5, 0.6) is 0 Å². The van der Waals surface area contributed by atoms with Crippen molar-refractivity contribution in [1.29, 1.82) is 0 Å². The van der Waals surface area contributed by atoms with E-state index in [-0.39, 0.29) is 24.2 Å². The summed E-state index contributed by atoms with van der Waals surface area (Å²) in [6.07, 6.45) is 0. The van der Waals surface area contributed by atoms with Crippen molar-refractivity contribution in [3.8, 4) is 0 Å². The number of aryl methyl sites for hydroxylation is 1. The van der Waals surface area contributed by atoms with Crippen LogP contribution in [0.3, 0.4) is 0 Å². The standard InChI is InChI=1S/C21H27N5O3/c1-15-7-5-6-8-19(15)16(2)24-21(23-14-20(27)25(3)4)22-13-17-9-11-18(12-10-17)26(28)29/h5-12,16H,13-14H2,1-4H3,(H2,22,23,24). The second kappa shape index (κ2) is 10.2. The molecule has 0 aliphatic heterocycles. The van der Waals surface area contributed by atoms with Gasteiger partial charge in [-0.05, 0) is 30.5 Å². The molecule has 0 radical (unpaired) electrons. The van der Waals surface area contributed by atoms with Crippen LogP contribution in [0.1, 0.15) is 29.7 Å². The lowest BCUT2D eigenvalue weighted by Crippen LogP contribution is -2.43. The third-order valence-electron chi connectivity index (χ3n) is 4.48. The minimum absolute atomic E-state index is 0.0197. The van der Waals surface area contributed by atoms with Gasteiger partial charge in [0.1, 0.15) is 0 Å². The molecule has 0 bridgehead atoms. The molecule has 2 aromatic rings. The number of aliphatic imine (C=N–C) groups is 1. The summed E-state index contributed by atoms with van der Waals surface area (Å²) in [4.78, 5) is 28.4. The molecule has 1 amide bonds. The van der Waals surface area contributed by atoms with Crippen LogP contribution < -0.4 is 10.6 Å². The van der Waals surface area contributed by atoms with E-state index in [1.807, 2.05) is 38.1 Å². The first-order chi connectivity index (χ1) is 13.8. The lowest BCUT2D eigenvalue weighted by atomic mass is 10.0. The molecule has 1 unspecified atom stereocenters. The molecule has 0 aromatic heterocycles. The maximum atomic E-state index is 11.9. The number of hydrogen-bond donors (Lipinski definition) is 2. The molecule has 0 heterocycles. The number of benzene rings is 2. The smallest absolute Gasteiger partial charge is 0.269 e. The highest BCUT2D eigenvalue weighted by Crippen LogP contribution is 2.17. The number of likely N-dealkylation sites (N-methyl/N-ethyl adjacent to an activating group) is 1. The van der Waals surface area contributed by atoms with Gasteiger partial charge in [0.15, 0.2) is 5.96 Å². The monoisotopic (exact) mass is 397 g/mol. The van der Waals surface area contributed by atoms with Gasteiger partial charge in [-0.3, -0.25) is 14.9 Å². The number of carbonyl (C=O) groups is 1. The van der Waals surface area contributed by atoms with Crippen molar-refractivity contribution in [2.75, 3.05) is 20.6 Å². The molecule has 2 aromatic carbocycles. The Hall–Kier alpha value is -3.42. The molecule has 8 nitrogen and oxygen atoms in total. The van der Waals surface area contributed by atoms with Gasteiger partial charge < -0.3 is 15.5 Å². The number of non-ortho nitro benzene ring substituents is 1. The van der Waals surface area contributed by atoms with Gasteiger partial charge >= 0.3 is 0 Å². The first-order valence-electron chi connectivity index (χ1n) is 9.31. The SMILES string of the molecule is Cc1ccccc1C(C)NC(=NCc1ccc([N+](=O)[O-])cc1)NCC(=O)N(C)C. The number of rotatable bonds is 7. The molecule has 0 aliphatic rings.